The van der Waals surface area contributed by atoms with Crippen LogP contribution >= 0.6 is 11.6 Å². The number of hydrogen-bond donors (Lipinski definition) is 1. The first-order valence-electron chi connectivity index (χ1n) is 7.07. The molecule has 2 aliphatic heterocycles. The minimum atomic E-state index is -1.06. The molecular weight excluding hydrogens is 326 g/mol. The summed E-state index contributed by atoms with van der Waals surface area (Å²) >= 11 is 6.09. The van der Waals surface area contributed by atoms with E-state index in [9.17, 15) is 14.7 Å². The van der Waals surface area contributed by atoms with Gasteiger partial charge in [0.2, 0.25) is 6.79 Å². The van der Waals surface area contributed by atoms with Gasteiger partial charge in [-0.1, -0.05) is 11.6 Å². The molecular formula is C15H16ClNO6. The van der Waals surface area contributed by atoms with Gasteiger partial charge in [-0.15, -0.1) is 0 Å². The number of likely N-dealkylation sites (tertiary alicyclic amines) is 1. The predicted octanol–water partition coefficient (Wildman–Crippen LogP) is 1.63. The van der Waals surface area contributed by atoms with Crippen molar-refractivity contribution in [2.24, 2.45) is 5.41 Å². The lowest BCUT2D eigenvalue weighted by Crippen LogP contribution is -2.40. The van der Waals surface area contributed by atoms with Crippen LogP contribution in [0.15, 0.2) is 12.1 Å². The molecule has 1 N–H and O–H groups in total. The number of carbonyl (C=O) groups is 2. The molecule has 8 heteroatoms. The van der Waals surface area contributed by atoms with Crippen molar-refractivity contribution in [1.82, 2.24) is 4.90 Å². The lowest BCUT2D eigenvalue weighted by atomic mass is 9.88. The van der Waals surface area contributed by atoms with E-state index in [1.165, 1.54) is 18.1 Å². The van der Waals surface area contributed by atoms with Crippen LogP contribution in [-0.2, 0) is 9.53 Å². The maximum atomic E-state index is 12.7. The average molecular weight is 342 g/mol. The molecule has 124 valence electrons. The molecule has 1 aromatic carbocycles. The fourth-order valence-corrected chi connectivity index (χ4v) is 3.21. The van der Waals surface area contributed by atoms with Crippen LogP contribution in [0, 0.1) is 5.41 Å². The van der Waals surface area contributed by atoms with E-state index >= 15 is 0 Å². The number of carbonyl (C=O) groups excluding carboxylic acids is 1. The zero-order valence-corrected chi connectivity index (χ0v) is 13.3. The molecule has 0 saturated carbocycles. The summed E-state index contributed by atoms with van der Waals surface area (Å²) in [5.74, 6) is -0.409. The molecule has 1 aromatic rings. The molecule has 1 amide bonds. The number of methoxy groups -OCH3 is 1. The second-order valence-electron chi connectivity index (χ2n) is 5.69. The monoisotopic (exact) mass is 341 g/mol. The molecule has 1 saturated heterocycles. The van der Waals surface area contributed by atoms with E-state index in [2.05, 4.69) is 0 Å². The van der Waals surface area contributed by atoms with Gasteiger partial charge in [0.1, 0.15) is 5.41 Å². The number of aliphatic carboxylic acids is 1. The van der Waals surface area contributed by atoms with Crippen LogP contribution in [-0.4, -0.2) is 55.5 Å². The Balaban J connectivity index is 1.82. The molecule has 0 spiro atoms. The Labute approximate surface area is 137 Å². The molecule has 7 nitrogen and oxygen atoms in total. The predicted molar refractivity (Wildman–Crippen MR) is 80.0 cm³/mol. The van der Waals surface area contributed by atoms with E-state index in [0.29, 0.717) is 35.1 Å². The first kappa shape index (κ1) is 15.9. The third-order valence-electron chi connectivity index (χ3n) is 4.19. The van der Waals surface area contributed by atoms with Gasteiger partial charge >= 0.3 is 5.97 Å². The zero-order chi connectivity index (χ0) is 16.6. The Morgan fingerprint density at radius 3 is 2.91 bits per heavy atom. The second-order valence-corrected chi connectivity index (χ2v) is 6.09. The van der Waals surface area contributed by atoms with Crippen LogP contribution < -0.4 is 9.47 Å². The zero-order valence-electron chi connectivity index (χ0n) is 12.5. The van der Waals surface area contributed by atoms with Gasteiger partial charge in [-0.2, -0.15) is 0 Å². The van der Waals surface area contributed by atoms with Gasteiger partial charge in [-0.3, -0.25) is 9.59 Å². The van der Waals surface area contributed by atoms with Crippen LogP contribution in [0.5, 0.6) is 11.5 Å². The molecule has 0 aromatic heterocycles. The Kier molecular flexibility index (Phi) is 4.08. The van der Waals surface area contributed by atoms with Gasteiger partial charge < -0.3 is 24.2 Å². The third-order valence-corrected chi connectivity index (χ3v) is 4.47. The third kappa shape index (κ3) is 2.70. The molecule has 2 aliphatic rings. The molecule has 1 unspecified atom stereocenters. The van der Waals surface area contributed by atoms with Crippen molar-refractivity contribution in [3.63, 3.8) is 0 Å². The van der Waals surface area contributed by atoms with E-state index in [1.54, 1.807) is 6.07 Å². The van der Waals surface area contributed by atoms with Crippen LogP contribution in [0.25, 0.3) is 0 Å². The maximum Gasteiger partial charge on any atom is 0.313 e. The van der Waals surface area contributed by atoms with Crippen molar-refractivity contribution in [2.75, 3.05) is 33.6 Å². The largest absolute Gasteiger partial charge is 0.481 e. The number of rotatable bonds is 4. The Bertz CT molecular complexity index is 664. The smallest absolute Gasteiger partial charge is 0.313 e. The van der Waals surface area contributed by atoms with E-state index in [0.717, 1.165) is 0 Å². The molecule has 0 aliphatic carbocycles. The number of carboxylic acids is 1. The number of hydrogen-bond acceptors (Lipinski definition) is 5. The van der Waals surface area contributed by atoms with Crippen LogP contribution in [0.3, 0.4) is 0 Å². The van der Waals surface area contributed by atoms with E-state index in [1.807, 2.05) is 0 Å². The van der Waals surface area contributed by atoms with Crippen molar-refractivity contribution < 1.29 is 28.9 Å². The number of halogens is 1. The minimum absolute atomic E-state index is 0.0619. The number of benzene rings is 1. The normalized spacial score (nSPS) is 22.4. The van der Waals surface area contributed by atoms with E-state index < -0.39 is 11.4 Å². The van der Waals surface area contributed by atoms with E-state index in [-0.39, 0.29) is 25.9 Å². The highest BCUT2D eigenvalue weighted by Crippen LogP contribution is 2.40. The van der Waals surface area contributed by atoms with E-state index in [4.69, 9.17) is 25.8 Å². The number of nitrogens with zero attached hydrogens (tertiary/aromatic N) is 1. The van der Waals surface area contributed by atoms with Gasteiger partial charge in [0.25, 0.3) is 5.91 Å². The van der Waals surface area contributed by atoms with Gasteiger partial charge in [-0.05, 0) is 18.6 Å². The fourth-order valence-electron chi connectivity index (χ4n) is 2.95. The summed E-state index contributed by atoms with van der Waals surface area (Å²) < 4.78 is 15.5. The second kappa shape index (κ2) is 5.90. The molecule has 3 rings (SSSR count). The minimum Gasteiger partial charge on any atom is -0.481 e. The van der Waals surface area contributed by atoms with Crippen LogP contribution in [0.1, 0.15) is 16.8 Å². The molecule has 2 heterocycles. The first-order chi connectivity index (χ1) is 11.0. The topological polar surface area (TPSA) is 85.3 Å². The maximum absolute atomic E-state index is 12.7. The van der Waals surface area contributed by atoms with Crippen LogP contribution in [0.2, 0.25) is 5.02 Å². The highest BCUT2D eigenvalue weighted by Gasteiger charge is 2.46. The quantitative estimate of drug-likeness (QED) is 0.896. The summed E-state index contributed by atoms with van der Waals surface area (Å²) in [5.41, 5.74) is -0.720. The summed E-state index contributed by atoms with van der Waals surface area (Å²) in [4.78, 5) is 25.7. The number of carboxylic acid groups (broad SMARTS) is 1. The van der Waals surface area contributed by atoms with Gasteiger partial charge in [-0.25, -0.2) is 0 Å². The molecule has 1 atom stereocenters. The Morgan fingerprint density at radius 1 is 1.43 bits per heavy atom. The summed E-state index contributed by atoms with van der Waals surface area (Å²) in [7, 11) is 1.45. The lowest BCUT2D eigenvalue weighted by molar-refractivity contribution is -0.151. The van der Waals surface area contributed by atoms with Crippen LogP contribution in [0.4, 0.5) is 0 Å². The Hall–Kier alpha value is -1.99. The Morgan fingerprint density at radius 2 is 2.22 bits per heavy atom. The van der Waals surface area contributed by atoms with Crippen molar-refractivity contribution in [1.29, 1.82) is 0 Å². The lowest BCUT2D eigenvalue weighted by Gasteiger charge is -2.24. The standard InChI is InChI=1S/C15H16ClNO6/c1-21-7-15(14(19)20)2-3-17(6-15)13(18)9-4-10(16)12-11(5-9)22-8-23-12/h4-5H,2-3,6-8H2,1H3,(H,19,20). The fraction of sp³-hybridized carbons (Fsp3) is 0.467. The highest BCUT2D eigenvalue weighted by atomic mass is 35.5. The average Bonchev–Trinajstić information content (AvgIpc) is 3.14. The summed E-state index contributed by atoms with van der Waals surface area (Å²) in [6.45, 7) is 0.571. The summed E-state index contributed by atoms with van der Waals surface area (Å²) in [6, 6.07) is 3.07. The van der Waals surface area contributed by atoms with Gasteiger partial charge in [0, 0.05) is 25.8 Å². The first-order valence-corrected chi connectivity index (χ1v) is 7.45. The summed E-state index contributed by atoms with van der Waals surface area (Å²) in [6.07, 6.45) is 0.347. The van der Waals surface area contributed by atoms with Crippen molar-refractivity contribution in [3.8, 4) is 11.5 Å². The highest BCUT2D eigenvalue weighted by molar-refractivity contribution is 6.32. The van der Waals surface area contributed by atoms with Crippen molar-refractivity contribution in [3.05, 3.63) is 22.7 Å². The van der Waals surface area contributed by atoms with Crippen molar-refractivity contribution in [2.45, 2.75) is 6.42 Å². The van der Waals surface area contributed by atoms with Gasteiger partial charge in [0.15, 0.2) is 11.5 Å². The number of amides is 1. The SMILES string of the molecule is COCC1(C(=O)O)CCN(C(=O)c2cc(Cl)c3c(c2)OCO3)C1. The molecule has 0 radical (unpaired) electrons. The molecule has 0 bridgehead atoms. The number of ether oxygens (including phenoxy) is 3. The summed E-state index contributed by atoms with van der Waals surface area (Å²) in [5, 5.41) is 9.76. The molecule has 1 fully saturated rings. The van der Waals surface area contributed by atoms with Crippen molar-refractivity contribution >= 4 is 23.5 Å². The number of fused-ring (bicyclic) bond motifs is 1. The molecule has 23 heavy (non-hydrogen) atoms. The van der Waals surface area contributed by atoms with Gasteiger partial charge in [0.05, 0.1) is 11.6 Å².